The number of piperidine rings is 1. The van der Waals surface area contributed by atoms with Crippen molar-refractivity contribution in [1.82, 2.24) is 4.90 Å². The van der Waals surface area contributed by atoms with Crippen LogP contribution >= 0.6 is 0 Å². The SMILES string of the molecule is [CH2]CCCc1ccc(OC2CCN(C3CCC3)CC2)cc1. The van der Waals surface area contributed by atoms with Crippen molar-refractivity contribution in [3.05, 3.63) is 36.8 Å². The molecule has 2 aliphatic rings. The topological polar surface area (TPSA) is 12.5 Å². The zero-order valence-corrected chi connectivity index (χ0v) is 13.1. The molecule has 1 heterocycles. The van der Waals surface area contributed by atoms with Crippen LogP contribution in [0.4, 0.5) is 0 Å². The molecule has 0 atom stereocenters. The van der Waals surface area contributed by atoms with Crippen molar-refractivity contribution in [2.24, 2.45) is 0 Å². The fraction of sp³-hybridized carbons (Fsp3) is 0.632. The summed E-state index contributed by atoms with van der Waals surface area (Å²) in [7, 11) is 0. The average Bonchev–Trinajstić information content (AvgIpc) is 2.47. The molecule has 1 aliphatic heterocycles. The third-order valence-electron chi connectivity index (χ3n) is 5.01. The molecule has 1 aromatic carbocycles. The summed E-state index contributed by atoms with van der Waals surface area (Å²) in [4.78, 5) is 2.67. The molecule has 0 aromatic heterocycles. The van der Waals surface area contributed by atoms with Crippen LogP contribution in [0, 0.1) is 6.92 Å². The van der Waals surface area contributed by atoms with Crippen LogP contribution in [-0.2, 0) is 6.42 Å². The third-order valence-corrected chi connectivity index (χ3v) is 5.01. The number of unbranched alkanes of at least 4 members (excludes halogenated alkanes) is 1. The first-order valence-electron chi connectivity index (χ1n) is 8.64. The van der Waals surface area contributed by atoms with Gasteiger partial charge in [-0.1, -0.05) is 31.9 Å². The molecule has 0 bridgehead atoms. The van der Waals surface area contributed by atoms with E-state index in [4.69, 9.17) is 4.74 Å². The van der Waals surface area contributed by atoms with Gasteiger partial charge in [0.05, 0.1) is 0 Å². The molecule has 2 heteroatoms. The molecule has 21 heavy (non-hydrogen) atoms. The second-order valence-corrected chi connectivity index (χ2v) is 6.54. The van der Waals surface area contributed by atoms with Gasteiger partial charge >= 0.3 is 0 Å². The van der Waals surface area contributed by atoms with Crippen LogP contribution < -0.4 is 4.74 Å². The van der Waals surface area contributed by atoms with Crippen LogP contribution in [0.5, 0.6) is 5.75 Å². The number of likely N-dealkylation sites (tertiary alicyclic amines) is 1. The lowest BCUT2D eigenvalue weighted by atomic mass is 9.90. The number of aryl methyl sites for hydroxylation is 1. The van der Waals surface area contributed by atoms with E-state index in [0.29, 0.717) is 6.10 Å². The minimum atomic E-state index is 0.409. The number of benzene rings is 1. The van der Waals surface area contributed by atoms with Gasteiger partial charge in [0.25, 0.3) is 0 Å². The van der Waals surface area contributed by atoms with Gasteiger partial charge in [-0.15, -0.1) is 0 Å². The summed E-state index contributed by atoms with van der Waals surface area (Å²) in [5.74, 6) is 1.04. The van der Waals surface area contributed by atoms with E-state index >= 15 is 0 Å². The lowest BCUT2D eigenvalue weighted by Crippen LogP contribution is -2.46. The quantitative estimate of drug-likeness (QED) is 0.775. The van der Waals surface area contributed by atoms with E-state index in [9.17, 15) is 0 Å². The number of rotatable bonds is 6. The summed E-state index contributed by atoms with van der Waals surface area (Å²) in [5.41, 5.74) is 1.39. The summed E-state index contributed by atoms with van der Waals surface area (Å²) >= 11 is 0. The van der Waals surface area contributed by atoms with Crippen molar-refractivity contribution < 1.29 is 4.74 Å². The predicted octanol–water partition coefficient (Wildman–Crippen LogP) is 4.24. The first kappa shape index (κ1) is 14.9. The molecule has 1 radical (unpaired) electrons. The third kappa shape index (κ3) is 4.00. The Hall–Kier alpha value is -1.02. The van der Waals surface area contributed by atoms with E-state index in [1.54, 1.807) is 0 Å². The van der Waals surface area contributed by atoms with Crippen molar-refractivity contribution in [3.8, 4) is 5.75 Å². The normalized spacial score (nSPS) is 21.2. The van der Waals surface area contributed by atoms with E-state index < -0.39 is 0 Å². The van der Waals surface area contributed by atoms with Crippen LogP contribution in [0.2, 0.25) is 0 Å². The molecule has 115 valence electrons. The first-order chi connectivity index (χ1) is 10.3. The molecule has 0 spiro atoms. The van der Waals surface area contributed by atoms with Gasteiger partial charge in [0, 0.05) is 19.1 Å². The fourth-order valence-electron chi connectivity index (χ4n) is 3.37. The van der Waals surface area contributed by atoms with Crippen molar-refractivity contribution >= 4 is 0 Å². The highest BCUT2D eigenvalue weighted by atomic mass is 16.5. The maximum Gasteiger partial charge on any atom is 0.119 e. The number of ether oxygens (including phenoxy) is 1. The molecule has 3 rings (SSSR count). The van der Waals surface area contributed by atoms with Crippen LogP contribution in [0.15, 0.2) is 24.3 Å². The van der Waals surface area contributed by atoms with E-state index in [-0.39, 0.29) is 0 Å². The number of nitrogens with zero attached hydrogens (tertiary/aromatic N) is 1. The molecule has 1 saturated heterocycles. The lowest BCUT2D eigenvalue weighted by molar-refractivity contribution is 0.0493. The van der Waals surface area contributed by atoms with E-state index in [1.165, 1.54) is 57.2 Å². The highest BCUT2D eigenvalue weighted by Crippen LogP contribution is 2.28. The number of hydrogen-bond acceptors (Lipinski definition) is 2. The zero-order valence-electron chi connectivity index (χ0n) is 13.1. The van der Waals surface area contributed by atoms with Gasteiger partial charge in [-0.25, -0.2) is 0 Å². The van der Waals surface area contributed by atoms with Gasteiger partial charge in [0.15, 0.2) is 0 Å². The molecule has 2 fully saturated rings. The Labute approximate surface area is 129 Å². The Balaban J connectivity index is 1.44. The van der Waals surface area contributed by atoms with Gasteiger partial charge in [-0.2, -0.15) is 0 Å². The van der Waals surface area contributed by atoms with Gasteiger partial charge < -0.3 is 9.64 Å². The Morgan fingerprint density at radius 3 is 2.33 bits per heavy atom. The average molecular weight is 286 g/mol. The summed E-state index contributed by atoms with van der Waals surface area (Å²) in [6.07, 6.45) is 10.3. The summed E-state index contributed by atoms with van der Waals surface area (Å²) in [6.45, 7) is 6.33. The maximum atomic E-state index is 6.16. The summed E-state index contributed by atoms with van der Waals surface area (Å²) < 4.78 is 6.16. The Morgan fingerprint density at radius 1 is 1.05 bits per heavy atom. The standard InChI is InChI=1S/C19H28NO/c1-2-3-5-16-8-10-18(11-9-16)21-19-12-14-20(15-13-19)17-6-4-7-17/h8-11,17,19H,1-7,12-15H2. The summed E-state index contributed by atoms with van der Waals surface area (Å²) in [6, 6.07) is 9.56. The fourth-order valence-corrected chi connectivity index (χ4v) is 3.37. The second kappa shape index (κ2) is 7.31. The van der Waals surface area contributed by atoms with Gasteiger partial charge in [-0.05, 0) is 56.2 Å². The van der Waals surface area contributed by atoms with Crippen LogP contribution in [0.25, 0.3) is 0 Å². The number of hydrogen-bond donors (Lipinski definition) is 0. The summed E-state index contributed by atoms with van der Waals surface area (Å²) in [5, 5.41) is 0. The molecule has 1 aromatic rings. The smallest absolute Gasteiger partial charge is 0.119 e. The van der Waals surface area contributed by atoms with Crippen molar-refractivity contribution in [2.75, 3.05) is 13.1 Å². The van der Waals surface area contributed by atoms with Crippen LogP contribution in [-0.4, -0.2) is 30.1 Å². The van der Waals surface area contributed by atoms with Gasteiger partial charge in [0.1, 0.15) is 11.9 Å². The first-order valence-corrected chi connectivity index (χ1v) is 8.64. The van der Waals surface area contributed by atoms with Crippen molar-refractivity contribution in [1.29, 1.82) is 0 Å². The molecule has 1 saturated carbocycles. The van der Waals surface area contributed by atoms with Crippen LogP contribution in [0.3, 0.4) is 0 Å². The van der Waals surface area contributed by atoms with E-state index in [0.717, 1.165) is 24.6 Å². The van der Waals surface area contributed by atoms with Crippen LogP contribution in [0.1, 0.15) is 50.5 Å². The van der Waals surface area contributed by atoms with Crippen molar-refractivity contribution in [3.63, 3.8) is 0 Å². The van der Waals surface area contributed by atoms with Crippen molar-refractivity contribution in [2.45, 2.75) is 63.5 Å². The maximum absolute atomic E-state index is 6.16. The largest absolute Gasteiger partial charge is 0.490 e. The van der Waals surface area contributed by atoms with E-state index in [1.807, 2.05) is 0 Å². The molecule has 0 amide bonds. The van der Waals surface area contributed by atoms with Gasteiger partial charge in [-0.3, -0.25) is 0 Å². The van der Waals surface area contributed by atoms with E-state index in [2.05, 4.69) is 36.1 Å². The Bertz CT molecular complexity index is 416. The monoisotopic (exact) mass is 286 g/mol. The molecule has 0 N–H and O–H groups in total. The second-order valence-electron chi connectivity index (χ2n) is 6.54. The highest BCUT2D eigenvalue weighted by Gasteiger charge is 2.29. The Kier molecular flexibility index (Phi) is 5.18. The zero-order chi connectivity index (χ0) is 14.5. The molecule has 1 aliphatic carbocycles. The molecular formula is C19H28NO. The lowest BCUT2D eigenvalue weighted by Gasteiger charge is -2.41. The highest BCUT2D eigenvalue weighted by molar-refractivity contribution is 5.27. The minimum absolute atomic E-state index is 0.409. The van der Waals surface area contributed by atoms with Gasteiger partial charge in [0.2, 0.25) is 0 Å². The Morgan fingerprint density at radius 2 is 1.76 bits per heavy atom. The minimum Gasteiger partial charge on any atom is -0.490 e. The molecule has 2 nitrogen and oxygen atoms in total. The predicted molar refractivity (Wildman–Crippen MR) is 87.6 cm³/mol. The molecule has 0 unspecified atom stereocenters. The molecular weight excluding hydrogens is 258 g/mol.